The van der Waals surface area contributed by atoms with Crippen molar-refractivity contribution in [2.45, 2.75) is 0 Å². The van der Waals surface area contributed by atoms with E-state index >= 15 is 0 Å². The van der Waals surface area contributed by atoms with E-state index in [1.54, 1.807) is 6.08 Å². The number of rotatable bonds is 4. The van der Waals surface area contributed by atoms with E-state index < -0.39 is 11.9 Å². The summed E-state index contributed by atoms with van der Waals surface area (Å²) in [6.45, 7) is 0. The highest BCUT2D eigenvalue weighted by atomic mass is 16.4. The molecule has 0 fully saturated rings. The van der Waals surface area contributed by atoms with Crippen LogP contribution in [0.4, 0.5) is 0 Å². The lowest BCUT2D eigenvalue weighted by atomic mass is 10.1. The summed E-state index contributed by atoms with van der Waals surface area (Å²) < 4.78 is 0. The molecule has 5 nitrogen and oxygen atoms in total. The van der Waals surface area contributed by atoms with Crippen molar-refractivity contribution in [3.8, 4) is 0 Å². The quantitative estimate of drug-likeness (QED) is 0.902. The molecular formula is C16H14N2O3. The van der Waals surface area contributed by atoms with Gasteiger partial charge in [-0.15, -0.1) is 0 Å². The lowest BCUT2D eigenvalue weighted by molar-refractivity contribution is 0.0696. The highest BCUT2D eigenvalue weighted by molar-refractivity contribution is 5.96. The number of carboxylic acid groups (broad SMARTS) is 1. The van der Waals surface area contributed by atoms with Crippen molar-refractivity contribution in [2.24, 2.45) is 0 Å². The van der Waals surface area contributed by atoms with E-state index in [-0.39, 0.29) is 11.3 Å². The van der Waals surface area contributed by atoms with E-state index in [0.717, 1.165) is 5.56 Å². The first kappa shape index (κ1) is 14.5. The minimum atomic E-state index is -1.10. The molecule has 1 aromatic carbocycles. The van der Waals surface area contributed by atoms with Crippen molar-refractivity contribution in [1.82, 2.24) is 10.3 Å². The summed E-state index contributed by atoms with van der Waals surface area (Å²) in [7, 11) is 1.47. The number of carboxylic acids is 1. The molecule has 0 aliphatic rings. The van der Waals surface area contributed by atoms with E-state index in [1.807, 2.05) is 36.4 Å². The van der Waals surface area contributed by atoms with Gasteiger partial charge >= 0.3 is 5.97 Å². The van der Waals surface area contributed by atoms with Gasteiger partial charge in [-0.1, -0.05) is 36.4 Å². The number of pyridine rings is 1. The summed E-state index contributed by atoms with van der Waals surface area (Å²) in [6, 6.07) is 12.2. The summed E-state index contributed by atoms with van der Waals surface area (Å²) in [5.41, 5.74) is 1.47. The zero-order valence-corrected chi connectivity index (χ0v) is 11.4. The molecule has 2 aromatic rings. The van der Waals surface area contributed by atoms with E-state index in [4.69, 9.17) is 5.11 Å². The fourth-order valence-corrected chi connectivity index (χ4v) is 1.75. The fourth-order valence-electron chi connectivity index (χ4n) is 1.75. The lowest BCUT2D eigenvalue weighted by Crippen LogP contribution is -2.20. The van der Waals surface area contributed by atoms with E-state index in [1.165, 1.54) is 19.2 Å². The van der Waals surface area contributed by atoms with Crippen LogP contribution in [0, 0.1) is 0 Å². The molecule has 0 aliphatic carbocycles. The summed E-state index contributed by atoms with van der Waals surface area (Å²) >= 11 is 0. The normalized spacial score (nSPS) is 10.5. The minimum absolute atomic E-state index is 0.0244. The largest absolute Gasteiger partial charge is 0.478 e. The molecule has 2 N–H and O–H groups in total. The molecule has 2 rings (SSSR count). The molecule has 5 heteroatoms. The van der Waals surface area contributed by atoms with Crippen molar-refractivity contribution in [2.75, 3.05) is 7.05 Å². The number of carbonyl (C=O) groups is 2. The highest BCUT2D eigenvalue weighted by Gasteiger charge is 2.11. The van der Waals surface area contributed by atoms with Crippen molar-refractivity contribution < 1.29 is 14.7 Å². The maximum atomic E-state index is 11.6. The van der Waals surface area contributed by atoms with Gasteiger partial charge in [0.2, 0.25) is 0 Å². The molecule has 0 radical (unpaired) electrons. The molecule has 0 atom stereocenters. The first-order valence-electron chi connectivity index (χ1n) is 6.31. The SMILES string of the molecule is CNC(=O)c1cc(C(=O)O)cc(C=Cc2ccccc2)n1. The number of hydrogen-bond donors (Lipinski definition) is 2. The number of nitrogens with one attached hydrogen (secondary N) is 1. The van der Waals surface area contributed by atoms with Crippen LogP contribution in [0.3, 0.4) is 0 Å². The molecule has 21 heavy (non-hydrogen) atoms. The second-order valence-corrected chi connectivity index (χ2v) is 4.29. The fraction of sp³-hybridized carbons (Fsp3) is 0.0625. The van der Waals surface area contributed by atoms with Crippen molar-refractivity contribution in [1.29, 1.82) is 0 Å². The van der Waals surface area contributed by atoms with Crippen LogP contribution in [0.25, 0.3) is 12.2 Å². The van der Waals surface area contributed by atoms with Gasteiger partial charge in [-0.2, -0.15) is 0 Å². The number of nitrogens with zero attached hydrogens (tertiary/aromatic N) is 1. The Morgan fingerprint density at radius 2 is 1.86 bits per heavy atom. The molecule has 106 valence electrons. The second-order valence-electron chi connectivity index (χ2n) is 4.29. The molecule has 0 saturated carbocycles. The Morgan fingerprint density at radius 3 is 2.48 bits per heavy atom. The molecule has 1 amide bonds. The molecule has 0 aliphatic heterocycles. The van der Waals surface area contributed by atoms with Crippen LogP contribution in [-0.4, -0.2) is 29.0 Å². The Balaban J connectivity index is 2.38. The molecule has 0 spiro atoms. The van der Waals surface area contributed by atoms with Crippen molar-refractivity contribution in [3.63, 3.8) is 0 Å². The van der Waals surface area contributed by atoms with Crippen LogP contribution < -0.4 is 5.32 Å². The third-order valence-corrected chi connectivity index (χ3v) is 2.80. The van der Waals surface area contributed by atoms with Crippen LogP contribution in [0.5, 0.6) is 0 Å². The first-order chi connectivity index (χ1) is 10.1. The summed E-state index contributed by atoms with van der Waals surface area (Å²) in [5.74, 6) is -1.52. The first-order valence-corrected chi connectivity index (χ1v) is 6.31. The third kappa shape index (κ3) is 3.76. The van der Waals surface area contributed by atoms with Gasteiger partial charge in [0.25, 0.3) is 5.91 Å². The van der Waals surface area contributed by atoms with Gasteiger partial charge in [0, 0.05) is 7.05 Å². The van der Waals surface area contributed by atoms with Gasteiger partial charge in [-0.25, -0.2) is 9.78 Å². The summed E-state index contributed by atoms with van der Waals surface area (Å²) in [6.07, 6.45) is 3.48. The Kier molecular flexibility index (Phi) is 4.46. The van der Waals surface area contributed by atoms with Gasteiger partial charge in [-0.3, -0.25) is 4.79 Å². The third-order valence-electron chi connectivity index (χ3n) is 2.80. The summed E-state index contributed by atoms with van der Waals surface area (Å²) in [5, 5.41) is 11.5. The van der Waals surface area contributed by atoms with Crippen LogP contribution in [0.15, 0.2) is 42.5 Å². The number of aromatic carboxylic acids is 1. The Hall–Kier alpha value is -2.95. The molecule has 1 heterocycles. The Labute approximate surface area is 122 Å². The minimum Gasteiger partial charge on any atom is -0.478 e. The lowest BCUT2D eigenvalue weighted by Gasteiger charge is -2.03. The molecular weight excluding hydrogens is 268 g/mol. The van der Waals surface area contributed by atoms with Crippen LogP contribution in [-0.2, 0) is 0 Å². The van der Waals surface area contributed by atoms with E-state index in [2.05, 4.69) is 10.3 Å². The topological polar surface area (TPSA) is 79.3 Å². The zero-order chi connectivity index (χ0) is 15.2. The molecule has 1 aromatic heterocycles. The van der Waals surface area contributed by atoms with Crippen molar-refractivity contribution in [3.05, 3.63) is 65.0 Å². The van der Waals surface area contributed by atoms with Gasteiger partial charge < -0.3 is 10.4 Å². The maximum absolute atomic E-state index is 11.6. The molecule has 0 saturated heterocycles. The standard InChI is InChI=1S/C16H14N2O3/c1-17-15(19)14-10-12(16(20)21)9-13(18-14)8-7-11-5-3-2-4-6-11/h2-10H,1H3,(H,17,19)(H,20,21). The van der Waals surface area contributed by atoms with Crippen molar-refractivity contribution >= 4 is 24.0 Å². The van der Waals surface area contributed by atoms with Gasteiger partial charge in [-0.05, 0) is 23.8 Å². The smallest absolute Gasteiger partial charge is 0.335 e. The molecule has 0 unspecified atom stereocenters. The average Bonchev–Trinajstić information content (AvgIpc) is 2.52. The predicted octanol–water partition coefficient (Wildman–Crippen LogP) is 2.31. The average molecular weight is 282 g/mol. The summed E-state index contributed by atoms with van der Waals surface area (Å²) in [4.78, 5) is 26.9. The number of carbonyl (C=O) groups excluding carboxylic acids is 1. The van der Waals surface area contributed by atoms with Crippen LogP contribution in [0.2, 0.25) is 0 Å². The maximum Gasteiger partial charge on any atom is 0.335 e. The van der Waals surface area contributed by atoms with Crippen LogP contribution >= 0.6 is 0 Å². The second kappa shape index (κ2) is 6.47. The van der Waals surface area contributed by atoms with E-state index in [0.29, 0.717) is 5.69 Å². The highest BCUT2D eigenvalue weighted by Crippen LogP contribution is 2.11. The predicted molar refractivity (Wildman–Crippen MR) is 80.0 cm³/mol. The van der Waals surface area contributed by atoms with Gasteiger partial charge in [0.15, 0.2) is 0 Å². The molecule has 0 bridgehead atoms. The van der Waals surface area contributed by atoms with Crippen LogP contribution in [0.1, 0.15) is 32.1 Å². The zero-order valence-electron chi connectivity index (χ0n) is 11.4. The van der Waals surface area contributed by atoms with Gasteiger partial charge in [0.05, 0.1) is 11.3 Å². The number of benzene rings is 1. The Bertz CT molecular complexity index is 694. The number of amides is 1. The monoisotopic (exact) mass is 282 g/mol. The number of aromatic nitrogens is 1. The number of hydrogen-bond acceptors (Lipinski definition) is 3. The van der Waals surface area contributed by atoms with Gasteiger partial charge in [0.1, 0.15) is 5.69 Å². The van der Waals surface area contributed by atoms with E-state index in [9.17, 15) is 9.59 Å². The Morgan fingerprint density at radius 1 is 1.14 bits per heavy atom.